The third kappa shape index (κ3) is 3.85. The first kappa shape index (κ1) is 13.0. The van der Waals surface area contributed by atoms with E-state index < -0.39 is 0 Å². The lowest BCUT2D eigenvalue weighted by atomic mass is 9.86. The molecule has 0 aromatic heterocycles. The minimum atomic E-state index is -0.218. The Labute approximate surface area is 97.6 Å². The quantitative estimate of drug-likeness (QED) is 0.161. The highest BCUT2D eigenvalue weighted by atomic mass is 16.4. The standard InChI is InChI=1S/C12H23N3O/c1-12(2,11(13)15-16)8-5-9-14-10-6-3-4-7-10/h3-4,10,14,16H,5-9H2,1-2H3,(H2,13,15). The summed E-state index contributed by atoms with van der Waals surface area (Å²) in [5.74, 6) is 0.315. The summed E-state index contributed by atoms with van der Waals surface area (Å²) in [6.07, 6.45) is 8.69. The molecule has 0 atom stereocenters. The van der Waals surface area contributed by atoms with Gasteiger partial charge in [0.25, 0.3) is 0 Å². The highest BCUT2D eigenvalue weighted by molar-refractivity contribution is 5.85. The number of nitrogens with zero attached hydrogens (tertiary/aromatic N) is 1. The fraction of sp³-hybridized carbons (Fsp3) is 0.750. The lowest BCUT2D eigenvalue weighted by molar-refractivity contribution is 0.304. The van der Waals surface area contributed by atoms with Gasteiger partial charge in [-0.05, 0) is 32.2 Å². The molecule has 0 fully saturated rings. The molecule has 92 valence electrons. The number of amidine groups is 1. The van der Waals surface area contributed by atoms with Gasteiger partial charge >= 0.3 is 0 Å². The molecule has 0 unspecified atom stereocenters. The molecule has 16 heavy (non-hydrogen) atoms. The van der Waals surface area contributed by atoms with Crippen molar-refractivity contribution in [3.63, 3.8) is 0 Å². The molecule has 0 aromatic rings. The third-order valence-electron chi connectivity index (χ3n) is 3.22. The summed E-state index contributed by atoms with van der Waals surface area (Å²) >= 11 is 0. The Balaban J connectivity index is 2.14. The van der Waals surface area contributed by atoms with E-state index in [1.54, 1.807) is 0 Å². The van der Waals surface area contributed by atoms with Crippen LogP contribution in [0.5, 0.6) is 0 Å². The van der Waals surface area contributed by atoms with Gasteiger partial charge in [-0.15, -0.1) is 0 Å². The van der Waals surface area contributed by atoms with Crippen LogP contribution in [0.3, 0.4) is 0 Å². The van der Waals surface area contributed by atoms with Crippen molar-refractivity contribution in [3.05, 3.63) is 12.2 Å². The maximum atomic E-state index is 8.64. The first-order chi connectivity index (χ1) is 7.56. The number of hydrogen-bond acceptors (Lipinski definition) is 3. The average molecular weight is 225 g/mol. The van der Waals surface area contributed by atoms with E-state index in [9.17, 15) is 0 Å². The molecule has 0 saturated carbocycles. The summed E-state index contributed by atoms with van der Waals surface area (Å²) in [7, 11) is 0. The molecule has 4 nitrogen and oxygen atoms in total. The fourth-order valence-electron chi connectivity index (χ4n) is 1.88. The van der Waals surface area contributed by atoms with E-state index in [-0.39, 0.29) is 5.41 Å². The topological polar surface area (TPSA) is 70.6 Å². The normalized spacial score (nSPS) is 18.2. The fourth-order valence-corrected chi connectivity index (χ4v) is 1.88. The van der Waals surface area contributed by atoms with E-state index in [1.807, 2.05) is 13.8 Å². The van der Waals surface area contributed by atoms with Gasteiger partial charge < -0.3 is 16.3 Å². The van der Waals surface area contributed by atoms with Crippen LogP contribution >= 0.6 is 0 Å². The number of nitrogens with two attached hydrogens (primary N) is 1. The molecule has 1 rings (SSSR count). The van der Waals surface area contributed by atoms with Crippen LogP contribution in [0.25, 0.3) is 0 Å². The SMILES string of the molecule is CC(C)(CCCNC1CC=CC1)/C(N)=N/O. The molecule has 0 aromatic carbocycles. The van der Waals surface area contributed by atoms with Gasteiger partial charge in [-0.25, -0.2) is 0 Å². The number of hydrogen-bond donors (Lipinski definition) is 3. The smallest absolute Gasteiger partial charge is 0.144 e. The predicted molar refractivity (Wildman–Crippen MR) is 66.6 cm³/mol. The zero-order valence-corrected chi connectivity index (χ0v) is 10.2. The van der Waals surface area contributed by atoms with Gasteiger partial charge in [0, 0.05) is 11.5 Å². The lowest BCUT2D eigenvalue weighted by Gasteiger charge is -2.23. The van der Waals surface area contributed by atoms with Crippen molar-refractivity contribution >= 4 is 5.84 Å². The monoisotopic (exact) mass is 225 g/mol. The molecule has 0 heterocycles. The Morgan fingerprint density at radius 2 is 2.12 bits per heavy atom. The van der Waals surface area contributed by atoms with Crippen molar-refractivity contribution < 1.29 is 5.21 Å². The van der Waals surface area contributed by atoms with Gasteiger partial charge in [-0.3, -0.25) is 0 Å². The van der Waals surface area contributed by atoms with E-state index in [0.29, 0.717) is 11.9 Å². The Kier molecular flexibility index (Phi) is 4.80. The van der Waals surface area contributed by atoms with Crippen LogP contribution in [0, 0.1) is 5.41 Å². The predicted octanol–water partition coefficient (Wildman–Crippen LogP) is 1.85. The Bertz CT molecular complexity index is 263. The maximum Gasteiger partial charge on any atom is 0.144 e. The minimum absolute atomic E-state index is 0.218. The molecule has 4 heteroatoms. The molecule has 4 N–H and O–H groups in total. The van der Waals surface area contributed by atoms with Crippen molar-refractivity contribution in [1.82, 2.24) is 5.32 Å². The van der Waals surface area contributed by atoms with Gasteiger partial charge in [-0.1, -0.05) is 31.2 Å². The summed E-state index contributed by atoms with van der Waals surface area (Å²) in [4.78, 5) is 0. The summed E-state index contributed by atoms with van der Waals surface area (Å²) in [6, 6.07) is 0.618. The van der Waals surface area contributed by atoms with E-state index >= 15 is 0 Å². The van der Waals surface area contributed by atoms with Crippen LogP contribution in [-0.2, 0) is 0 Å². The second kappa shape index (κ2) is 5.89. The van der Waals surface area contributed by atoms with Crippen molar-refractivity contribution in [2.75, 3.05) is 6.54 Å². The number of oxime groups is 1. The molecule has 0 amide bonds. The molecule has 0 bridgehead atoms. The van der Waals surface area contributed by atoms with Crippen molar-refractivity contribution in [2.45, 2.75) is 45.6 Å². The molecule has 1 aliphatic rings. The van der Waals surface area contributed by atoms with E-state index in [2.05, 4.69) is 22.6 Å². The maximum absolute atomic E-state index is 8.64. The van der Waals surface area contributed by atoms with Crippen LogP contribution < -0.4 is 11.1 Å². The van der Waals surface area contributed by atoms with Crippen LogP contribution in [-0.4, -0.2) is 23.6 Å². The summed E-state index contributed by atoms with van der Waals surface area (Å²) < 4.78 is 0. The Hall–Kier alpha value is -1.03. The molecular formula is C12H23N3O. The first-order valence-corrected chi connectivity index (χ1v) is 5.92. The first-order valence-electron chi connectivity index (χ1n) is 5.92. The van der Waals surface area contributed by atoms with Gasteiger partial charge in [0.05, 0.1) is 0 Å². The Morgan fingerprint density at radius 3 is 2.69 bits per heavy atom. The van der Waals surface area contributed by atoms with E-state index in [0.717, 1.165) is 32.2 Å². The third-order valence-corrected chi connectivity index (χ3v) is 3.22. The van der Waals surface area contributed by atoms with Crippen LogP contribution in [0.1, 0.15) is 39.5 Å². The van der Waals surface area contributed by atoms with Gasteiger partial charge in [0.2, 0.25) is 0 Å². The second-order valence-electron chi connectivity index (χ2n) is 5.07. The van der Waals surface area contributed by atoms with Crippen LogP contribution in [0.4, 0.5) is 0 Å². The van der Waals surface area contributed by atoms with Crippen LogP contribution in [0.15, 0.2) is 17.3 Å². The largest absolute Gasteiger partial charge is 0.409 e. The average Bonchev–Trinajstić information content (AvgIpc) is 2.76. The number of rotatable bonds is 6. The molecule has 0 spiro atoms. The van der Waals surface area contributed by atoms with Crippen molar-refractivity contribution in [1.29, 1.82) is 0 Å². The summed E-state index contributed by atoms with van der Waals surface area (Å²) in [5, 5.41) is 15.2. The molecule has 0 radical (unpaired) electrons. The zero-order chi connectivity index (χ0) is 12.0. The highest BCUT2D eigenvalue weighted by Crippen LogP contribution is 2.22. The van der Waals surface area contributed by atoms with E-state index in [4.69, 9.17) is 10.9 Å². The molecule has 0 saturated heterocycles. The van der Waals surface area contributed by atoms with Gasteiger partial charge in [0.1, 0.15) is 5.84 Å². The summed E-state index contributed by atoms with van der Waals surface area (Å²) in [6.45, 7) is 4.99. The van der Waals surface area contributed by atoms with Crippen LogP contribution in [0.2, 0.25) is 0 Å². The zero-order valence-electron chi connectivity index (χ0n) is 10.2. The molecule has 0 aliphatic heterocycles. The lowest BCUT2D eigenvalue weighted by Crippen LogP contribution is -2.33. The Morgan fingerprint density at radius 1 is 1.50 bits per heavy atom. The molecule has 1 aliphatic carbocycles. The minimum Gasteiger partial charge on any atom is -0.409 e. The highest BCUT2D eigenvalue weighted by Gasteiger charge is 2.22. The van der Waals surface area contributed by atoms with Crippen molar-refractivity contribution in [3.8, 4) is 0 Å². The second-order valence-corrected chi connectivity index (χ2v) is 5.07. The number of nitrogens with one attached hydrogen (secondary N) is 1. The van der Waals surface area contributed by atoms with Gasteiger partial charge in [0.15, 0.2) is 0 Å². The van der Waals surface area contributed by atoms with E-state index in [1.165, 1.54) is 0 Å². The molecular weight excluding hydrogens is 202 g/mol. The van der Waals surface area contributed by atoms with Crippen molar-refractivity contribution in [2.24, 2.45) is 16.3 Å². The van der Waals surface area contributed by atoms with Gasteiger partial charge in [-0.2, -0.15) is 0 Å². The summed E-state index contributed by atoms with van der Waals surface area (Å²) in [5.41, 5.74) is 5.41.